The summed E-state index contributed by atoms with van der Waals surface area (Å²) >= 11 is 0. The maximum atomic E-state index is 13.5. The predicted molar refractivity (Wildman–Crippen MR) is 139 cm³/mol. The van der Waals surface area contributed by atoms with Gasteiger partial charge in [0.25, 0.3) is 0 Å². The molecule has 1 N–H and O–H groups in total. The third kappa shape index (κ3) is 5.54. The van der Waals surface area contributed by atoms with Gasteiger partial charge in [0.2, 0.25) is 18.6 Å². The van der Waals surface area contributed by atoms with E-state index in [1.54, 1.807) is 0 Å². The zero-order valence-electron chi connectivity index (χ0n) is 20.7. The second-order valence-corrected chi connectivity index (χ2v) is 9.64. The van der Waals surface area contributed by atoms with Crippen LogP contribution in [0.15, 0.2) is 66.7 Å². The zero-order chi connectivity index (χ0) is 24.9. The molecule has 0 spiro atoms. The number of nitrogens with one attached hydrogen (secondary N) is 1. The van der Waals surface area contributed by atoms with Crippen LogP contribution in [-0.2, 0) is 29.1 Å². The van der Waals surface area contributed by atoms with Crippen LogP contribution in [0.5, 0.6) is 11.5 Å². The first kappa shape index (κ1) is 23.9. The molecule has 1 fully saturated rings. The molecule has 1 saturated carbocycles. The quantitative estimate of drug-likeness (QED) is 0.471. The predicted octanol–water partition coefficient (Wildman–Crippen LogP) is 5.31. The van der Waals surface area contributed by atoms with Gasteiger partial charge in [0, 0.05) is 18.2 Å². The van der Waals surface area contributed by atoms with E-state index < -0.39 is 0 Å². The van der Waals surface area contributed by atoms with Gasteiger partial charge in [0.15, 0.2) is 11.5 Å². The summed E-state index contributed by atoms with van der Waals surface area (Å²) in [4.78, 5) is 27.9. The molecule has 1 heterocycles. The Morgan fingerprint density at radius 3 is 2.42 bits per heavy atom. The highest BCUT2D eigenvalue weighted by Crippen LogP contribution is 2.32. The van der Waals surface area contributed by atoms with E-state index in [4.69, 9.17) is 9.47 Å². The second kappa shape index (κ2) is 10.9. The topological polar surface area (TPSA) is 67.9 Å². The smallest absolute Gasteiger partial charge is 0.231 e. The van der Waals surface area contributed by atoms with Crippen LogP contribution in [0, 0.1) is 12.8 Å². The molecule has 6 nitrogen and oxygen atoms in total. The van der Waals surface area contributed by atoms with Gasteiger partial charge in [-0.1, -0.05) is 55.3 Å². The average Bonchev–Trinajstić information content (AvgIpc) is 3.59. The number of benzene rings is 3. The minimum atomic E-state index is -0.0563. The van der Waals surface area contributed by atoms with Crippen molar-refractivity contribution in [3.8, 4) is 11.5 Å². The molecule has 0 radical (unpaired) electrons. The summed E-state index contributed by atoms with van der Waals surface area (Å²) < 4.78 is 10.7. The van der Waals surface area contributed by atoms with Crippen molar-refractivity contribution >= 4 is 17.5 Å². The van der Waals surface area contributed by atoms with Crippen LogP contribution in [0.1, 0.15) is 47.9 Å². The molecule has 2 amide bonds. The highest BCUT2D eigenvalue weighted by Gasteiger charge is 2.28. The highest BCUT2D eigenvalue weighted by atomic mass is 16.7. The van der Waals surface area contributed by atoms with E-state index in [2.05, 4.69) is 24.4 Å². The number of carbonyl (C=O) groups is 2. The van der Waals surface area contributed by atoms with E-state index >= 15 is 0 Å². The fraction of sp³-hybridized carbons (Fsp3) is 0.333. The third-order valence-electron chi connectivity index (χ3n) is 7.10. The molecule has 0 aromatic heterocycles. The summed E-state index contributed by atoms with van der Waals surface area (Å²) in [6, 6.07) is 21.7. The molecule has 0 bridgehead atoms. The van der Waals surface area contributed by atoms with Crippen molar-refractivity contribution in [3.63, 3.8) is 0 Å². The molecule has 0 unspecified atom stereocenters. The summed E-state index contributed by atoms with van der Waals surface area (Å²) in [7, 11) is 0. The van der Waals surface area contributed by atoms with Gasteiger partial charge in [0.05, 0.1) is 13.0 Å². The van der Waals surface area contributed by atoms with Crippen LogP contribution in [0.2, 0.25) is 0 Å². The average molecular weight is 485 g/mol. The molecule has 1 aliphatic carbocycles. The van der Waals surface area contributed by atoms with Crippen molar-refractivity contribution in [2.45, 2.75) is 52.1 Å². The number of ether oxygens (including phenoxy) is 2. The van der Waals surface area contributed by atoms with Crippen LogP contribution in [0.25, 0.3) is 0 Å². The van der Waals surface area contributed by atoms with Gasteiger partial charge < -0.3 is 19.7 Å². The number of aryl methyl sites for hydroxylation is 1. The number of hydrogen-bond donors (Lipinski definition) is 1. The van der Waals surface area contributed by atoms with Crippen LogP contribution in [0.4, 0.5) is 5.69 Å². The van der Waals surface area contributed by atoms with Gasteiger partial charge >= 0.3 is 0 Å². The first-order valence-corrected chi connectivity index (χ1v) is 12.7. The van der Waals surface area contributed by atoms with Crippen LogP contribution >= 0.6 is 0 Å². The van der Waals surface area contributed by atoms with E-state index in [9.17, 15) is 9.59 Å². The highest BCUT2D eigenvalue weighted by molar-refractivity contribution is 5.95. The van der Waals surface area contributed by atoms with Gasteiger partial charge in [0.1, 0.15) is 0 Å². The monoisotopic (exact) mass is 484 g/mol. The molecule has 5 rings (SSSR count). The maximum absolute atomic E-state index is 13.5. The summed E-state index contributed by atoms with van der Waals surface area (Å²) in [6.45, 7) is 3.29. The molecular formula is C30H32N2O4. The number of fused-ring (bicyclic) bond motifs is 1. The van der Waals surface area contributed by atoms with E-state index in [1.165, 1.54) is 5.56 Å². The molecule has 0 saturated heterocycles. The Kier molecular flexibility index (Phi) is 7.21. The Bertz CT molecular complexity index is 1230. The molecule has 0 atom stereocenters. The van der Waals surface area contributed by atoms with Crippen molar-refractivity contribution < 1.29 is 19.1 Å². The Hall–Kier alpha value is -3.80. The van der Waals surface area contributed by atoms with Gasteiger partial charge in [-0.2, -0.15) is 0 Å². The fourth-order valence-corrected chi connectivity index (χ4v) is 4.94. The lowest BCUT2D eigenvalue weighted by Gasteiger charge is -2.27. The first-order chi connectivity index (χ1) is 17.6. The maximum Gasteiger partial charge on any atom is 0.231 e. The van der Waals surface area contributed by atoms with E-state index in [0.29, 0.717) is 18.8 Å². The molecule has 3 aromatic rings. The lowest BCUT2D eigenvalue weighted by Crippen LogP contribution is -2.35. The van der Waals surface area contributed by atoms with Crippen molar-refractivity contribution in [2.24, 2.45) is 5.92 Å². The molecule has 36 heavy (non-hydrogen) atoms. The number of amides is 2. The van der Waals surface area contributed by atoms with Gasteiger partial charge in [-0.15, -0.1) is 0 Å². The Morgan fingerprint density at radius 2 is 1.64 bits per heavy atom. The SMILES string of the molecule is Cc1ccccc1CN(C(=O)C1CCCC1)c1ccc(CC(=O)NCc2ccc3c(c2)OCO3)cc1. The number of hydrogen-bond acceptors (Lipinski definition) is 4. The Balaban J connectivity index is 1.24. The Labute approximate surface area is 212 Å². The number of anilines is 1. The molecule has 186 valence electrons. The largest absolute Gasteiger partial charge is 0.454 e. The standard InChI is InChI=1S/C30H32N2O4/c1-21-6-2-3-9-25(21)19-32(30(34)24-7-4-5-8-24)26-13-10-22(11-14-26)17-29(33)31-18-23-12-15-27-28(16-23)36-20-35-27/h2-3,6,9-16,24H,4-5,7-8,17-20H2,1H3,(H,31,33). The number of rotatable bonds is 8. The molecule has 6 heteroatoms. The van der Waals surface area contributed by atoms with Crippen LogP contribution in [0.3, 0.4) is 0 Å². The summed E-state index contributed by atoms with van der Waals surface area (Å²) in [5, 5.41) is 2.97. The zero-order valence-corrected chi connectivity index (χ0v) is 20.7. The van der Waals surface area contributed by atoms with Crippen LogP contribution in [-0.4, -0.2) is 18.6 Å². The molecular weight excluding hydrogens is 452 g/mol. The summed E-state index contributed by atoms with van der Waals surface area (Å²) in [5.41, 5.74) is 5.07. The first-order valence-electron chi connectivity index (χ1n) is 12.7. The third-order valence-corrected chi connectivity index (χ3v) is 7.10. The van der Waals surface area contributed by atoms with Gasteiger partial charge in [-0.05, 0) is 66.3 Å². The van der Waals surface area contributed by atoms with Crippen molar-refractivity contribution in [3.05, 3.63) is 89.0 Å². The lowest BCUT2D eigenvalue weighted by molar-refractivity contribution is -0.122. The van der Waals surface area contributed by atoms with Crippen molar-refractivity contribution in [2.75, 3.05) is 11.7 Å². The lowest BCUT2D eigenvalue weighted by atomic mass is 10.0. The van der Waals surface area contributed by atoms with Crippen LogP contribution < -0.4 is 19.7 Å². The van der Waals surface area contributed by atoms with E-state index in [1.807, 2.05) is 59.5 Å². The van der Waals surface area contributed by atoms with E-state index in [-0.39, 0.29) is 30.9 Å². The number of nitrogens with zero attached hydrogens (tertiary/aromatic N) is 1. The molecule has 3 aromatic carbocycles. The minimum absolute atomic E-state index is 0.0563. The number of carbonyl (C=O) groups excluding carboxylic acids is 2. The summed E-state index contributed by atoms with van der Waals surface area (Å²) in [5.74, 6) is 1.67. The Morgan fingerprint density at radius 1 is 0.917 bits per heavy atom. The van der Waals surface area contributed by atoms with Crippen molar-refractivity contribution in [1.82, 2.24) is 5.32 Å². The molecule has 1 aliphatic heterocycles. The van der Waals surface area contributed by atoms with Gasteiger partial charge in [-0.3, -0.25) is 9.59 Å². The normalized spacial score (nSPS) is 14.6. The van der Waals surface area contributed by atoms with Gasteiger partial charge in [-0.25, -0.2) is 0 Å². The fourth-order valence-electron chi connectivity index (χ4n) is 4.94. The van der Waals surface area contributed by atoms with E-state index in [0.717, 1.165) is 53.8 Å². The minimum Gasteiger partial charge on any atom is -0.454 e. The molecule has 2 aliphatic rings. The second-order valence-electron chi connectivity index (χ2n) is 9.64. The van der Waals surface area contributed by atoms with Crippen molar-refractivity contribution in [1.29, 1.82) is 0 Å². The summed E-state index contributed by atoms with van der Waals surface area (Å²) in [6.07, 6.45) is 4.44.